The van der Waals surface area contributed by atoms with E-state index in [1.165, 1.54) is 56.7 Å². The zero-order valence-corrected chi connectivity index (χ0v) is 16.8. The smallest absolute Gasteiger partial charge is 0.437 e. The topological polar surface area (TPSA) is 79.8 Å². The minimum Gasteiger partial charge on any atom is -0.493 e. The van der Waals surface area contributed by atoms with E-state index in [1.807, 2.05) is 5.32 Å². The van der Waals surface area contributed by atoms with Gasteiger partial charge in [0.2, 0.25) is 5.72 Å². The molecule has 160 valence electrons. The second-order valence-corrected chi connectivity index (χ2v) is 7.07. The normalized spacial score (nSPS) is 23.9. The van der Waals surface area contributed by atoms with Crippen LogP contribution in [0.5, 0.6) is 11.5 Å². The molecular weight excluding hydrogens is 421 g/mol. The molecule has 2 aromatic carbocycles. The Hall–Kier alpha value is -2.85. The molecule has 0 aromatic heterocycles. The average molecular weight is 440 g/mol. The highest BCUT2D eigenvalue weighted by molar-refractivity contribution is 7.80. The molecule has 3 rings (SSSR count). The Bertz CT molecular complexity index is 955. The summed E-state index contributed by atoms with van der Waals surface area (Å²) in [5.74, 6) is -2.28. The van der Waals surface area contributed by atoms with Gasteiger partial charge in [0.1, 0.15) is 5.92 Å². The Morgan fingerprint density at radius 1 is 1.10 bits per heavy atom. The van der Waals surface area contributed by atoms with E-state index < -0.39 is 34.8 Å². The summed E-state index contributed by atoms with van der Waals surface area (Å²) >= 11 is 4.92. The molecule has 0 unspecified atom stereocenters. The highest BCUT2D eigenvalue weighted by Gasteiger charge is 2.65. The van der Waals surface area contributed by atoms with Crippen LogP contribution in [0.2, 0.25) is 0 Å². The van der Waals surface area contributed by atoms with Crippen LogP contribution in [0, 0.1) is 5.92 Å². The molecule has 0 amide bonds. The summed E-state index contributed by atoms with van der Waals surface area (Å²) < 4.78 is 52.3. The van der Waals surface area contributed by atoms with Crippen molar-refractivity contribution in [1.82, 2.24) is 10.6 Å². The first-order valence-electron chi connectivity index (χ1n) is 8.81. The Balaban J connectivity index is 2.18. The Labute approximate surface area is 176 Å². The number of carbonyl (C=O) groups excluding carboxylic acids is 1. The lowest BCUT2D eigenvalue weighted by Gasteiger charge is -2.46. The number of carbonyl (C=O) groups is 1. The fraction of sp³-hybridized carbons (Fsp3) is 0.300. The molecule has 0 aliphatic carbocycles. The molecular formula is C20H19F3N2O4S. The molecule has 6 nitrogen and oxygen atoms in total. The van der Waals surface area contributed by atoms with E-state index in [2.05, 4.69) is 5.32 Å². The van der Waals surface area contributed by atoms with Crippen molar-refractivity contribution in [2.45, 2.75) is 17.9 Å². The predicted molar refractivity (Wildman–Crippen MR) is 106 cm³/mol. The lowest BCUT2D eigenvalue weighted by Crippen LogP contribution is -2.72. The van der Waals surface area contributed by atoms with Gasteiger partial charge in [0.05, 0.1) is 20.3 Å². The molecule has 1 aliphatic heterocycles. The summed E-state index contributed by atoms with van der Waals surface area (Å²) in [4.78, 5) is 13.2. The molecule has 1 saturated heterocycles. The van der Waals surface area contributed by atoms with Crippen molar-refractivity contribution in [3.05, 3.63) is 59.7 Å². The molecule has 0 radical (unpaired) electrons. The maximum atomic E-state index is 14.0. The van der Waals surface area contributed by atoms with Gasteiger partial charge in [-0.25, -0.2) is 0 Å². The van der Waals surface area contributed by atoms with E-state index in [0.29, 0.717) is 5.75 Å². The van der Waals surface area contributed by atoms with Gasteiger partial charge < -0.3 is 25.2 Å². The van der Waals surface area contributed by atoms with Crippen molar-refractivity contribution >= 4 is 23.1 Å². The fourth-order valence-electron chi connectivity index (χ4n) is 3.45. The van der Waals surface area contributed by atoms with Gasteiger partial charge in [0.25, 0.3) is 0 Å². The molecule has 0 saturated carbocycles. The van der Waals surface area contributed by atoms with Crippen LogP contribution in [-0.2, 0) is 0 Å². The van der Waals surface area contributed by atoms with Crippen molar-refractivity contribution in [3.63, 3.8) is 0 Å². The molecule has 0 spiro atoms. The quantitative estimate of drug-likeness (QED) is 0.487. The van der Waals surface area contributed by atoms with Gasteiger partial charge in [0.15, 0.2) is 22.4 Å². The Morgan fingerprint density at radius 3 is 2.30 bits per heavy atom. The van der Waals surface area contributed by atoms with Crippen LogP contribution < -0.4 is 20.1 Å². The number of benzene rings is 2. The van der Waals surface area contributed by atoms with E-state index >= 15 is 0 Å². The zero-order valence-electron chi connectivity index (χ0n) is 16.0. The third-order valence-electron chi connectivity index (χ3n) is 4.91. The van der Waals surface area contributed by atoms with Crippen LogP contribution in [0.1, 0.15) is 22.0 Å². The molecule has 3 atom stereocenters. The number of hydrogen-bond donors (Lipinski definition) is 3. The highest BCUT2D eigenvalue weighted by Crippen LogP contribution is 2.45. The zero-order chi connectivity index (χ0) is 22.1. The number of aliphatic hydroxyl groups is 1. The van der Waals surface area contributed by atoms with Gasteiger partial charge in [-0.05, 0) is 29.9 Å². The van der Waals surface area contributed by atoms with Gasteiger partial charge in [-0.15, -0.1) is 0 Å². The van der Waals surface area contributed by atoms with E-state index in [-0.39, 0.29) is 16.9 Å². The highest BCUT2D eigenvalue weighted by atomic mass is 32.1. The SMILES string of the molecule is COc1ccc([C@@H]2NC(=S)N[C@@](O)(C(F)(F)F)[C@@H]2C(=O)c2ccccc2)cc1OC. The number of alkyl halides is 3. The van der Waals surface area contributed by atoms with Gasteiger partial charge in [-0.2, -0.15) is 13.2 Å². The van der Waals surface area contributed by atoms with Gasteiger partial charge in [0, 0.05) is 5.56 Å². The summed E-state index contributed by atoms with van der Waals surface area (Å²) in [7, 11) is 2.79. The van der Waals surface area contributed by atoms with Gasteiger partial charge in [-0.3, -0.25) is 4.79 Å². The molecule has 2 aromatic rings. The van der Waals surface area contributed by atoms with Crippen molar-refractivity contribution in [3.8, 4) is 11.5 Å². The van der Waals surface area contributed by atoms with Crippen LogP contribution in [0.3, 0.4) is 0 Å². The maximum absolute atomic E-state index is 14.0. The molecule has 10 heteroatoms. The number of nitrogens with one attached hydrogen (secondary N) is 2. The number of ether oxygens (including phenoxy) is 2. The third kappa shape index (κ3) is 3.80. The van der Waals surface area contributed by atoms with Crippen molar-refractivity contribution in [1.29, 1.82) is 0 Å². The lowest BCUT2D eigenvalue weighted by atomic mass is 9.77. The average Bonchev–Trinajstić information content (AvgIpc) is 2.72. The molecule has 1 aliphatic rings. The van der Waals surface area contributed by atoms with Crippen LogP contribution in [0.4, 0.5) is 13.2 Å². The summed E-state index contributed by atoms with van der Waals surface area (Å²) in [5.41, 5.74) is -3.30. The monoisotopic (exact) mass is 440 g/mol. The lowest BCUT2D eigenvalue weighted by molar-refractivity contribution is -0.285. The fourth-order valence-corrected chi connectivity index (χ4v) is 3.73. The Morgan fingerprint density at radius 2 is 1.73 bits per heavy atom. The summed E-state index contributed by atoms with van der Waals surface area (Å²) in [6, 6.07) is 10.6. The summed E-state index contributed by atoms with van der Waals surface area (Å²) in [6.07, 6.45) is -5.19. The van der Waals surface area contributed by atoms with Crippen molar-refractivity contribution in [2.24, 2.45) is 5.92 Å². The summed E-state index contributed by atoms with van der Waals surface area (Å²) in [5, 5.41) is 14.8. The van der Waals surface area contributed by atoms with E-state index in [1.54, 1.807) is 6.07 Å². The first-order chi connectivity index (χ1) is 14.1. The second-order valence-electron chi connectivity index (χ2n) is 6.66. The van der Waals surface area contributed by atoms with Crippen LogP contribution >= 0.6 is 12.2 Å². The first kappa shape index (κ1) is 21.8. The third-order valence-corrected chi connectivity index (χ3v) is 5.13. The van der Waals surface area contributed by atoms with Crippen molar-refractivity contribution in [2.75, 3.05) is 14.2 Å². The number of halogens is 3. The number of rotatable bonds is 5. The van der Waals surface area contributed by atoms with Gasteiger partial charge in [-0.1, -0.05) is 36.4 Å². The number of hydrogen-bond acceptors (Lipinski definition) is 5. The first-order valence-corrected chi connectivity index (χ1v) is 9.22. The summed E-state index contributed by atoms with van der Waals surface area (Å²) in [6.45, 7) is 0. The molecule has 0 bridgehead atoms. The second kappa shape index (κ2) is 8.11. The minimum atomic E-state index is -5.19. The number of ketones is 1. The number of thiocarbonyl (C=S) groups is 1. The molecule has 3 N–H and O–H groups in total. The van der Waals surface area contributed by atoms with Crippen LogP contribution in [0.25, 0.3) is 0 Å². The molecule has 1 fully saturated rings. The number of methoxy groups -OCH3 is 2. The van der Waals surface area contributed by atoms with Gasteiger partial charge >= 0.3 is 6.18 Å². The minimum absolute atomic E-state index is 0.0204. The van der Waals surface area contributed by atoms with Crippen LogP contribution in [0.15, 0.2) is 48.5 Å². The van der Waals surface area contributed by atoms with E-state index in [9.17, 15) is 23.1 Å². The van der Waals surface area contributed by atoms with E-state index in [4.69, 9.17) is 21.7 Å². The molecule has 1 heterocycles. The molecule has 30 heavy (non-hydrogen) atoms. The van der Waals surface area contributed by atoms with Crippen molar-refractivity contribution < 1.29 is 32.5 Å². The predicted octanol–water partition coefficient (Wildman–Crippen LogP) is 2.97. The number of Topliss-reactive ketones (excluding diaryl/α,β-unsaturated/α-hetero) is 1. The Kier molecular flexibility index (Phi) is 5.91. The standard InChI is InChI=1S/C20H19F3N2O4S/c1-28-13-9-8-12(10-14(13)29-2)16-15(17(26)11-6-4-3-5-7-11)19(27,20(21,22)23)25-18(30)24-16/h3-10,15-16,27H,1-2H3,(H2,24,25,30)/t15-,16-,19-/m0/s1. The van der Waals surface area contributed by atoms with E-state index in [0.717, 1.165) is 0 Å². The maximum Gasteiger partial charge on any atom is 0.437 e. The van der Waals surface area contributed by atoms with Crippen LogP contribution in [-0.4, -0.2) is 42.1 Å². The largest absolute Gasteiger partial charge is 0.493 e.